The third kappa shape index (κ3) is 3.37. The lowest BCUT2D eigenvalue weighted by molar-refractivity contribution is -0.530. The fourth-order valence-corrected chi connectivity index (χ4v) is 1.30. The topological polar surface area (TPSA) is 26.1 Å². The Morgan fingerprint density at radius 2 is 1.62 bits per heavy atom. The molecule has 0 unspecified atom stereocenters. The first-order valence-corrected chi connectivity index (χ1v) is 5.72. The summed E-state index contributed by atoms with van der Waals surface area (Å²) < 4.78 is 0.997. The van der Waals surface area contributed by atoms with Gasteiger partial charge in [-0.2, -0.15) is 0 Å². The van der Waals surface area contributed by atoms with E-state index in [1.54, 1.807) is 6.21 Å². The zero-order chi connectivity index (χ0) is 12.3. The van der Waals surface area contributed by atoms with Gasteiger partial charge < -0.3 is 5.21 Å². The van der Waals surface area contributed by atoms with E-state index in [0.29, 0.717) is 5.92 Å². The minimum Gasteiger partial charge on any atom is -0.623 e. The van der Waals surface area contributed by atoms with Crippen LogP contribution < -0.4 is 0 Å². The molecule has 0 aromatic heterocycles. The van der Waals surface area contributed by atoms with Crippen LogP contribution in [0.1, 0.15) is 51.7 Å². The zero-order valence-electron chi connectivity index (χ0n) is 10.8. The number of rotatable bonds is 2. The van der Waals surface area contributed by atoms with Crippen LogP contribution in [0.25, 0.3) is 0 Å². The SMILES string of the molecule is CC(C)c1ccc(/C=[N+](\[O-])C(C)(C)C)cc1. The van der Waals surface area contributed by atoms with Crippen molar-refractivity contribution >= 4 is 6.21 Å². The van der Waals surface area contributed by atoms with Gasteiger partial charge in [0.15, 0.2) is 11.8 Å². The molecule has 1 aromatic rings. The highest BCUT2D eigenvalue weighted by molar-refractivity contribution is 5.75. The molecule has 0 radical (unpaired) electrons. The maximum absolute atomic E-state index is 11.7. The number of hydrogen-bond acceptors (Lipinski definition) is 1. The van der Waals surface area contributed by atoms with Crippen LogP contribution in [-0.4, -0.2) is 16.5 Å². The second-order valence-electron chi connectivity index (χ2n) is 5.45. The van der Waals surface area contributed by atoms with Crippen molar-refractivity contribution in [1.29, 1.82) is 0 Å². The molecule has 0 heterocycles. The van der Waals surface area contributed by atoms with Gasteiger partial charge in [-0.05, 0) is 23.6 Å². The summed E-state index contributed by atoms with van der Waals surface area (Å²) in [7, 11) is 0. The van der Waals surface area contributed by atoms with E-state index in [2.05, 4.69) is 26.0 Å². The summed E-state index contributed by atoms with van der Waals surface area (Å²) >= 11 is 0. The number of hydroxylamine groups is 1. The van der Waals surface area contributed by atoms with Crippen LogP contribution in [0.4, 0.5) is 0 Å². The Morgan fingerprint density at radius 3 is 2.00 bits per heavy atom. The third-order valence-corrected chi connectivity index (χ3v) is 2.53. The standard InChI is InChI=1S/C14H21NO/c1-11(2)13-8-6-12(7-9-13)10-15(16)14(3,4)5/h6-11H,1-5H3/b15-10-. The van der Waals surface area contributed by atoms with Crippen LogP contribution in [0.3, 0.4) is 0 Å². The summed E-state index contributed by atoms with van der Waals surface area (Å²) in [5.74, 6) is 0.528. The second kappa shape index (κ2) is 4.69. The molecule has 0 saturated heterocycles. The summed E-state index contributed by atoms with van der Waals surface area (Å²) in [4.78, 5) is 0. The van der Waals surface area contributed by atoms with Gasteiger partial charge in [0.25, 0.3) is 0 Å². The van der Waals surface area contributed by atoms with Crippen molar-refractivity contribution in [2.24, 2.45) is 0 Å². The summed E-state index contributed by atoms with van der Waals surface area (Å²) in [5.41, 5.74) is 1.87. The number of nitrogens with zero attached hydrogens (tertiary/aromatic N) is 1. The van der Waals surface area contributed by atoms with E-state index in [-0.39, 0.29) is 5.54 Å². The first-order valence-electron chi connectivity index (χ1n) is 5.72. The maximum atomic E-state index is 11.7. The van der Waals surface area contributed by atoms with Crippen molar-refractivity contribution < 1.29 is 4.74 Å². The molecule has 0 spiro atoms. The second-order valence-corrected chi connectivity index (χ2v) is 5.45. The molecule has 0 aliphatic carbocycles. The number of benzene rings is 1. The lowest BCUT2D eigenvalue weighted by Crippen LogP contribution is -2.29. The first-order chi connectivity index (χ1) is 7.30. The molecule has 88 valence electrons. The Balaban J connectivity index is 2.92. The summed E-state index contributed by atoms with van der Waals surface area (Å²) in [5, 5.41) is 11.7. The van der Waals surface area contributed by atoms with Crippen molar-refractivity contribution in [2.75, 3.05) is 0 Å². The van der Waals surface area contributed by atoms with E-state index in [9.17, 15) is 5.21 Å². The molecule has 0 aliphatic rings. The smallest absolute Gasteiger partial charge is 0.182 e. The van der Waals surface area contributed by atoms with E-state index in [4.69, 9.17) is 0 Å². The quantitative estimate of drug-likeness (QED) is 0.323. The molecule has 1 rings (SSSR count). The van der Waals surface area contributed by atoms with Crippen LogP contribution >= 0.6 is 0 Å². The highest BCUT2D eigenvalue weighted by atomic mass is 16.5. The zero-order valence-corrected chi connectivity index (χ0v) is 10.8. The van der Waals surface area contributed by atoms with E-state index in [1.165, 1.54) is 5.56 Å². The predicted molar refractivity (Wildman–Crippen MR) is 69.1 cm³/mol. The van der Waals surface area contributed by atoms with E-state index >= 15 is 0 Å². The van der Waals surface area contributed by atoms with Crippen LogP contribution in [0, 0.1) is 5.21 Å². The highest BCUT2D eigenvalue weighted by Crippen LogP contribution is 2.14. The van der Waals surface area contributed by atoms with Gasteiger partial charge in [0, 0.05) is 26.3 Å². The molecule has 0 bridgehead atoms. The van der Waals surface area contributed by atoms with E-state index < -0.39 is 0 Å². The monoisotopic (exact) mass is 219 g/mol. The van der Waals surface area contributed by atoms with Gasteiger partial charge in [0.05, 0.1) is 0 Å². The summed E-state index contributed by atoms with van der Waals surface area (Å²) in [6, 6.07) is 8.14. The fourth-order valence-electron chi connectivity index (χ4n) is 1.30. The first kappa shape index (κ1) is 12.8. The molecule has 1 aromatic carbocycles. The van der Waals surface area contributed by atoms with E-state index in [1.807, 2.05) is 32.9 Å². The van der Waals surface area contributed by atoms with Crippen molar-refractivity contribution in [3.05, 3.63) is 40.6 Å². The minimum atomic E-state index is -0.378. The minimum absolute atomic E-state index is 0.378. The largest absolute Gasteiger partial charge is 0.623 e. The maximum Gasteiger partial charge on any atom is 0.182 e. The molecular formula is C14H21NO. The Bertz CT molecular complexity index is 369. The predicted octanol–water partition coefficient (Wildman–Crippen LogP) is 3.54. The van der Waals surface area contributed by atoms with Crippen molar-refractivity contribution in [3.8, 4) is 0 Å². The normalized spacial score (nSPS) is 13.2. The van der Waals surface area contributed by atoms with Gasteiger partial charge in [-0.25, -0.2) is 4.74 Å². The molecule has 0 N–H and O–H groups in total. The molecular weight excluding hydrogens is 198 g/mol. The third-order valence-electron chi connectivity index (χ3n) is 2.53. The molecule has 0 saturated carbocycles. The number of hydrogen-bond donors (Lipinski definition) is 0. The summed E-state index contributed by atoms with van der Waals surface area (Å²) in [6.45, 7) is 10.0. The van der Waals surface area contributed by atoms with Gasteiger partial charge in [0.1, 0.15) is 0 Å². The fraction of sp³-hybridized carbons (Fsp3) is 0.500. The van der Waals surface area contributed by atoms with Gasteiger partial charge in [-0.3, -0.25) is 0 Å². The molecule has 0 amide bonds. The average Bonchev–Trinajstić information content (AvgIpc) is 2.17. The molecule has 0 atom stereocenters. The Labute approximate surface area is 98.2 Å². The Kier molecular flexibility index (Phi) is 3.74. The highest BCUT2D eigenvalue weighted by Gasteiger charge is 2.17. The lowest BCUT2D eigenvalue weighted by atomic mass is 10.0. The van der Waals surface area contributed by atoms with Crippen LogP contribution in [0.15, 0.2) is 24.3 Å². The molecule has 16 heavy (non-hydrogen) atoms. The van der Waals surface area contributed by atoms with E-state index in [0.717, 1.165) is 10.3 Å². The molecule has 2 heteroatoms. The van der Waals surface area contributed by atoms with Crippen molar-refractivity contribution in [1.82, 2.24) is 0 Å². The molecule has 2 nitrogen and oxygen atoms in total. The van der Waals surface area contributed by atoms with Crippen LogP contribution in [0.5, 0.6) is 0 Å². The van der Waals surface area contributed by atoms with Crippen molar-refractivity contribution in [3.63, 3.8) is 0 Å². The van der Waals surface area contributed by atoms with Gasteiger partial charge in [-0.1, -0.05) is 26.0 Å². The van der Waals surface area contributed by atoms with Gasteiger partial charge in [0.2, 0.25) is 0 Å². The average molecular weight is 219 g/mol. The molecule has 0 aliphatic heterocycles. The van der Waals surface area contributed by atoms with Gasteiger partial charge >= 0.3 is 0 Å². The van der Waals surface area contributed by atoms with Crippen molar-refractivity contribution in [2.45, 2.75) is 46.1 Å². The van der Waals surface area contributed by atoms with Crippen LogP contribution in [0.2, 0.25) is 0 Å². The summed E-state index contributed by atoms with van der Waals surface area (Å²) in [6.07, 6.45) is 1.64. The Hall–Kier alpha value is -1.31. The van der Waals surface area contributed by atoms with Crippen LogP contribution in [-0.2, 0) is 0 Å². The van der Waals surface area contributed by atoms with Gasteiger partial charge in [-0.15, -0.1) is 0 Å². The Morgan fingerprint density at radius 1 is 1.12 bits per heavy atom. The lowest BCUT2D eigenvalue weighted by Gasteiger charge is -2.18. The molecule has 0 fully saturated rings.